The first kappa shape index (κ1) is 24.5. The highest BCUT2D eigenvalue weighted by Gasteiger charge is 2.27. The highest BCUT2D eigenvalue weighted by molar-refractivity contribution is 9.10. The van der Waals surface area contributed by atoms with Gasteiger partial charge in [0.1, 0.15) is 11.8 Å². The Morgan fingerprint density at radius 3 is 2.23 bits per heavy atom. The number of carbonyl (C=O) groups excluding carboxylic acids is 2. The normalized spacial score (nSPS) is 11.8. The van der Waals surface area contributed by atoms with E-state index in [4.69, 9.17) is 27.9 Å². The third-order valence-corrected chi connectivity index (χ3v) is 5.65. The first-order chi connectivity index (χ1) is 14.2. The molecule has 0 aliphatic rings. The first-order valence-electron chi connectivity index (χ1n) is 9.57. The minimum atomic E-state index is -0.725. The van der Waals surface area contributed by atoms with Gasteiger partial charge in [0.25, 0.3) is 5.91 Å². The molecule has 1 atom stereocenters. The van der Waals surface area contributed by atoms with Crippen LogP contribution < -0.4 is 10.1 Å². The maximum atomic E-state index is 13.0. The average molecular weight is 516 g/mol. The molecule has 0 radical (unpaired) electrons. The van der Waals surface area contributed by atoms with Crippen molar-refractivity contribution in [1.82, 2.24) is 10.2 Å². The van der Waals surface area contributed by atoms with Crippen LogP contribution in [0, 0.1) is 5.92 Å². The summed E-state index contributed by atoms with van der Waals surface area (Å²) in [6, 6.07) is 11.6. The van der Waals surface area contributed by atoms with Gasteiger partial charge in [-0.05, 0) is 49.2 Å². The number of hydrogen-bond acceptors (Lipinski definition) is 3. The zero-order valence-electron chi connectivity index (χ0n) is 17.1. The minimum Gasteiger partial charge on any atom is -0.484 e. The van der Waals surface area contributed by atoms with Gasteiger partial charge in [0.2, 0.25) is 5.91 Å². The topological polar surface area (TPSA) is 58.6 Å². The van der Waals surface area contributed by atoms with Crippen molar-refractivity contribution in [3.8, 4) is 5.75 Å². The van der Waals surface area contributed by atoms with Crippen molar-refractivity contribution in [2.75, 3.05) is 13.2 Å². The molecular formula is C22H25BrCl2N2O3. The van der Waals surface area contributed by atoms with Crippen LogP contribution in [0.4, 0.5) is 0 Å². The smallest absolute Gasteiger partial charge is 0.261 e. The van der Waals surface area contributed by atoms with Gasteiger partial charge in [-0.15, -0.1) is 0 Å². The Hall–Kier alpha value is -1.76. The van der Waals surface area contributed by atoms with Crippen molar-refractivity contribution in [3.63, 3.8) is 0 Å². The Balaban J connectivity index is 2.19. The van der Waals surface area contributed by atoms with Crippen molar-refractivity contribution in [2.45, 2.75) is 33.4 Å². The standard InChI is InChI=1S/C22H25BrCl2N2O3/c1-14(2)11-26-22(29)15(3)27(12-18-19(24)5-4-6-20(18)25)21(28)13-30-17-9-7-16(23)8-10-17/h4-10,14-15H,11-13H2,1-3H3,(H,26,29)/t15-/m0/s1. The zero-order valence-corrected chi connectivity index (χ0v) is 20.2. The fourth-order valence-corrected chi connectivity index (χ4v) is 3.43. The van der Waals surface area contributed by atoms with E-state index in [1.165, 1.54) is 4.90 Å². The van der Waals surface area contributed by atoms with E-state index in [0.717, 1.165) is 4.47 Å². The Labute approximate surface area is 195 Å². The van der Waals surface area contributed by atoms with Gasteiger partial charge in [0, 0.05) is 33.2 Å². The van der Waals surface area contributed by atoms with E-state index in [9.17, 15) is 9.59 Å². The number of hydrogen-bond donors (Lipinski definition) is 1. The summed E-state index contributed by atoms with van der Waals surface area (Å²) in [7, 11) is 0. The van der Waals surface area contributed by atoms with Crippen molar-refractivity contribution >= 4 is 50.9 Å². The largest absolute Gasteiger partial charge is 0.484 e. The first-order valence-corrected chi connectivity index (χ1v) is 11.1. The molecule has 2 amide bonds. The molecule has 0 bridgehead atoms. The number of carbonyl (C=O) groups is 2. The second-order valence-corrected chi connectivity index (χ2v) is 9.01. The van der Waals surface area contributed by atoms with E-state index < -0.39 is 6.04 Å². The second-order valence-electron chi connectivity index (χ2n) is 7.28. The molecule has 0 saturated heterocycles. The monoisotopic (exact) mass is 514 g/mol. The molecule has 2 rings (SSSR count). The Morgan fingerprint density at radius 2 is 1.67 bits per heavy atom. The summed E-state index contributed by atoms with van der Waals surface area (Å²) in [5.74, 6) is 0.258. The average Bonchev–Trinajstić information content (AvgIpc) is 2.70. The van der Waals surface area contributed by atoms with Gasteiger partial charge in [-0.2, -0.15) is 0 Å². The van der Waals surface area contributed by atoms with Crippen LogP contribution in [0.5, 0.6) is 5.75 Å². The van der Waals surface area contributed by atoms with Crippen molar-refractivity contribution in [1.29, 1.82) is 0 Å². The molecule has 0 aliphatic heterocycles. The number of benzene rings is 2. The number of rotatable bonds is 9. The van der Waals surface area contributed by atoms with Crippen LogP contribution in [0.3, 0.4) is 0 Å². The molecule has 0 saturated carbocycles. The molecule has 0 fully saturated rings. The lowest BCUT2D eigenvalue weighted by atomic mass is 10.1. The third kappa shape index (κ3) is 7.18. The summed E-state index contributed by atoms with van der Waals surface area (Å²) in [6.07, 6.45) is 0. The van der Waals surface area contributed by atoms with Crippen molar-refractivity contribution < 1.29 is 14.3 Å². The molecule has 0 aliphatic carbocycles. The van der Waals surface area contributed by atoms with Crippen LogP contribution in [0.2, 0.25) is 10.0 Å². The molecule has 0 aromatic heterocycles. The summed E-state index contributed by atoms with van der Waals surface area (Å²) in [6.45, 7) is 6.08. The van der Waals surface area contributed by atoms with E-state index in [2.05, 4.69) is 21.2 Å². The van der Waals surface area contributed by atoms with E-state index >= 15 is 0 Å². The maximum Gasteiger partial charge on any atom is 0.261 e. The summed E-state index contributed by atoms with van der Waals surface area (Å²) in [5, 5.41) is 3.74. The quantitative estimate of drug-likeness (QED) is 0.491. The molecule has 162 valence electrons. The SMILES string of the molecule is CC(C)CNC(=O)[C@H](C)N(Cc1c(Cl)cccc1Cl)C(=O)COc1ccc(Br)cc1. The molecule has 8 heteroatoms. The molecule has 2 aromatic carbocycles. The summed E-state index contributed by atoms with van der Waals surface area (Å²) in [5.41, 5.74) is 0.585. The Kier molecular flexibility index (Phi) is 9.46. The van der Waals surface area contributed by atoms with E-state index in [-0.39, 0.29) is 25.0 Å². The van der Waals surface area contributed by atoms with Crippen LogP contribution in [0.25, 0.3) is 0 Å². The highest BCUT2D eigenvalue weighted by Crippen LogP contribution is 2.26. The van der Waals surface area contributed by atoms with Crippen LogP contribution >= 0.6 is 39.1 Å². The molecule has 0 unspecified atom stereocenters. The predicted octanol–water partition coefficient (Wildman–Crippen LogP) is 5.32. The third-order valence-electron chi connectivity index (χ3n) is 4.42. The van der Waals surface area contributed by atoms with Gasteiger partial charge in [0.15, 0.2) is 6.61 Å². The predicted molar refractivity (Wildman–Crippen MR) is 124 cm³/mol. The van der Waals surface area contributed by atoms with Gasteiger partial charge in [0.05, 0.1) is 0 Å². The van der Waals surface area contributed by atoms with Crippen LogP contribution in [0.1, 0.15) is 26.3 Å². The number of nitrogens with one attached hydrogen (secondary N) is 1. The van der Waals surface area contributed by atoms with Crippen LogP contribution in [0.15, 0.2) is 46.9 Å². The number of ether oxygens (including phenoxy) is 1. The highest BCUT2D eigenvalue weighted by atomic mass is 79.9. The lowest BCUT2D eigenvalue weighted by Crippen LogP contribution is -2.49. The lowest BCUT2D eigenvalue weighted by Gasteiger charge is -2.29. The molecular weight excluding hydrogens is 491 g/mol. The molecule has 1 N–H and O–H groups in total. The summed E-state index contributed by atoms with van der Waals surface area (Å²) < 4.78 is 6.53. The van der Waals surface area contributed by atoms with Crippen LogP contribution in [-0.4, -0.2) is 35.9 Å². The number of nitrogens with zero attached hydrogens (tertiary/aromatic N) is 1. The molecule has 0 spiro atoms. The van der Waals surface area contributed by atoms with Gasteiger partial charge < -0.3 is 15.0 Å². The Morgan fingerprint density at radius 1 is 1.07 bits per heavy atom. The molecule has 30 heavy (non-hydrogen) atoms. The molecule has 5 nitrogen and oxygen atoms in total. The summed E-state index contributed by atoms with van der Waals surface area (Å²) in [4.78, 5) is 27.1. The van der Waals surface area contributed by atoms with Gasteiger partial charge in [-0.3, -0.25) is 9.59 Å². The lowest BCUT2D eigenvalue weighted by molar-refractivity contribution is -0.142. The summed E-state index contributed by atoms with van der Waals surface area (Å²) >= 11 is 15.9. The van der Waals surface area contributed by atoms with Crippen molar-refractivity contribution in [2.24, 2.45) is 5.92 Å². The maximum absolute atomic E-state index is 13.0. The van der Waals surface area contributed by atoms with Crippen molar-refractivity contribution in [3.05, 3.63) is 62.5 Å². The number of halogens is 3. The van der Waals surface area contributed by atoms with E-state index in [1.54, 1.807) is 37.3 Å². The second kappa shape index (κ2) is 11.6. The van der Waals surface area contributed by atoms with Gasteiger partial charge in [-0.25, -0.2) is 0 Å². The van der Waals surface area contributed by atoms with Gasteiger partial charge >= 0.3 is 0 Å². The van der Waals surface area contributed by atoms with E-state index in [0.29, 0.717) is 33.8 Å². The fraction of sp³-hybridized carbons (Fsp3) is 0.364. The molecule has 0 heterocycles. The van der Waals surface area contributed by atoms with Crippen LogP contribution in [-0.2, 0) is 16.1 Å². The van der Waals surface area contributed by atoms with E-state index in [1.807, 2.05) is 26.0 Å². The fourth-order valence-electron chi connectivity index (χ4n) is 2.65. The minimum absolute atomic E-state index is 0.0945. The molecule has 2 aromatic rings. The zero-order chi connectivity index (χ0) is 22.3. The van der Waals surface area contributed by atoms with Gasteiger partial charge in [-0.1, -0.05) is 59.0 Å². The number of amides is 2. The Bertz CT molecular complexity index is 855.